The molecule has 7 nitrogen and oxygen atoms in total. The maximum atomic E-state index is 13.6. The molecule has 7 heteroatoms. The number of aromatic amines is 1. The van der Waals surface area contributed by atoms with Crippen LogP contribution in [0.2, 0.25) is 0 Å². The topological polar surface area (TPSA) is 79.7 Å². The first kappa shape index (κ1) is 23.2. The van der Waals surface area contributed by atoms with Crippen LogP contribution in [0.4, 0.5) is 0 Å². The number of likely N-dealkylation sites (tertiary alicyclic amines) is 1. The normalized spacial score (nSPS) is 20.1. The molecule has 1 aromatic carbocycles. The van der Waals surface area contributed by atoms with Gasteiger partial charge in [0.2, 0.25) is 0 Å². The molecule has 2 aliphatic rings. The van der Waals surface area contributed by atoms with Crippen LogP contribution in [-0.2, 0) is 5.54 Å². The lowest BCUT2D eigenvalue weighted by molar-refractivity contribution is 0.0326. The van der Waals surface area contributed by atoms with Crippen molar-refractivity contribution in [1.29, 1.82) is 0 Å². The number of tetrazole rings is 1. The molecule has 0 radical (unpaired) electrons. The molecule has 0 unspecified atom stereocenters. The van der Waals surface area contributed by atoms with Crippen LogP contribution in [0.1, 0.15) is 95.1 Å². The van der Waals surface area contributed by atoms with E-state index < -0.39 is 0 Å². The van der Waals surface area contributed by atoms with Crippen LogP contribution in [-0.4, -0.2) is 43.2 Å². The second-order valence-corrected chi connectivity index (χ2v) is 11.3. The second-order valence-electron chi connectivity index (χ2n) is 11.3. The fourth-order valence-corrected chi connectivity index (χ4v) is 6.16. The predicted molar refractivity (Wildman–Crippen MR) is 135 cm³/mol. The van der Waals surface area contributed by atoms with E-state index in [4.69, 9.17) is 0 Å². The number of aromatic nitrogens is 5. The van der Waals surface area contributed by atoms with E-state index in [0.717, 1.165) is 53.8 Å². The molecule has 2 fully saturated rings. The maximum Gasteiger partial charge on any atom is 0.253 e. The highest BCUT2D eigenvalue weighted by molar-refractivity contribution is 5.79. The molecule has 3 aromatic rings. The fraction of sp³-hybridized carbons (Fsp3) is 0.630. The van der Waals surface area contributed by atoms with Gasteiger partial charge < -0.3 is 4.98 Å². The van der Waals surface area contributed by atoms with Crippen molar-refractivity contribution < 1.29 is 0 Å². The number of hydrogen-bond acceptors (Lipinski definition) is 5. The zero-order valence-corrected chi connectivity index (χ0v) is 21.1. The van der Waals surface area contributed by atoms with Crippen molar-refractivity contribution in [2.75, 3.05) is 13.1 Å². The number of H-pyrrole nitrogens is 1. The molecular formula is C27H38N6O. The van der Waals surface area contributed by atoms with Gasteiger partial charge in [0.25, 0.3) is 5.56 Å². The van der Waals surface area contributed by atoms with E-state index in [0.29, 0.717) is 5.41 Å². The highest BCUT2D eigenvalue weighted by Crippen LogP contribution is 2.45. The Balaban J connectivity index is 1.65. The average Bonchev–Trinajstić information content (AvgIpc) is 3.31. The molecule has 2 aromatic heterocycles. The second kappa shape index (κ2) is 8.91. The summed E-state index contributed by atoms with van der Waals surface area (Å²) in [7, 11) is 0. The predicted octanol–water partition coefficient (Wildman–Crippen LogP) is 5.10. The highest BCUT2D eigenvalue weighted by atomic mass is 16.1. The van der Waals surface area contributed by atoms with E-state index in [-0.39, 0.29) is 17.1 Å². The van der Waals surface area contributed by atoms with E-state index in [1.54, 1.807) is 0 Å². The molecule has 1 aliphatic carbocycles. The van der Waals surface area contributed by atoms with Gasteiger partial charge in [0.05, 0.1) is 5.54 Å². The lowest BCUT2D eigenvalue weighted by Gasteiger charge is -2.47. The van der Waals surface area contributed by atoms with Crippen LogP contribution >= 0.6 is 0 Å². The standard InChI is InChI=1S/C27H38N6O/c1-5-26(3,4)33-24(29-30-31-33)23(32-15-9-14-27(18-32)12-7-6-8-13-27)21-17-20-11-10-19(2)16-22(20)28-25(21)34/h10-11,16-17,23H,5-9,12-15,18H2,1-4H3,(H,28,34)/t23-/m0/s1. The van der Waals surface area contributed by atoms with Crippen LogP contribution in [0.3, 0.4) is 0 Å². The Morgan fingerprint density at radius 3 is 2.65 bits per heavy atom. The summed E-state index contributed by atoms with van der Waals surface area (Å²) in [6.45, 7) is 10.5. The zero-order valence-electron chi connectivity index (χ0n) is 21.1. The number of hydrogen-bond donors (Lipinski definition) is 1. The van der Waals surface area contributed by atoms with Crippen LogP contribution < -0.4 is 5.56 Å². The van der Waals surface area contributed by atoms with Gasteiger partial charge in [-0.15, -0.1) is 5.10 Å². The van der Waals surface area contributed by atoms with Crippen molar-refractivity contribution in [1.82, 2.24) is 30.1 Å². The Morgan fingerprint density at radius 2 is 1.88 bits per heavy atom. The molecule has 3 heterocycles. The largest absolute Gasteiger partial charge is 0.322 e. The quantitative estimate of drug-likeness (QED) is 0.570. The molecule has 1 saturated heterocycles. The monoisotopic (exact) mass is 462 g/mol. The highest BCUT2D eigenvalue weighted by Gasteiger charge is 2.42. The average molecular weight is 463 g/mol. The van der Waals surface area contributed by atoms with Gasteiger partial charge in [-0.3, -0.25) is 9.69 Å². The number of nitrogens with one attached hydrogen (secondary N) is 1. The van der Waals surface area contributed by atoms with E-state index >= 15 is 0 Å². The number of pyridine rings is 1. The van der Waals surface area contributed by atoms with E-state index in [2.05, 4.69) is 64.4 Å². The number of rotatable bonds is 5. The van der Waals surface area contributed by atoms with Crippen molar-refractivity contribution in [2.24, 2.45) is 5.41 Å². The Bertz CT molecular complexity index is 1210. The van der Waals surface area contributed by atoms with Gasteiger partial charge in [0.1, 0.15) is 6.04 Å². The first-order chi connectivity index (χ1) is 16.3. The van der Waals surface area contributed by atoms with Gasteiger partial charge in [-0.1, -0.05) is 38.3 Å². The number of nitrogens with zero attached hydrogens (tertiary/aromatic N) is 5. The van der Waals surface area contributed by atoms with Crippen molar-refractivity contribution in [3.05, 3.63) is 51.6 Å². The zero-order chi connectivity index (χ0) is 23.9. The number of piperidine rings is 1. The van der Waals surface area contributed by atoms with Gasteiger partial charge in [-0.2, -0.15) is 0 Å². The van der Waals surface area contributed by atoms with Crippen molar-refractivity contribution >= 4 is 10.9 Å². The fourth-order valence-electron chi connectivity index (χ4n) is 6.16. The van der Waals surface area contributed by atoms with Gasteiger partial charge >= 0.3 is 0 Å². The third-order valence-corrected chi connectivity index (χ3v) is 8.47. The van der Waals surface area contributed by atoms with E-state index in [9.17, 15) is 4.79 Å². The summed E-state index contributed by atoms with van der Waals surface area (Å²) < 4.78 is 1.96. The molecule has 182 valence electrons. The molecule has 1 atom stereocenters. The molecule has 1 spiro atoms. The minimum absolute atomic E-state index is 0.0461. The SMILES string of the molecule is CCC(C)(C)n1nnnc1[C@H](c1cc2ccc(C)cc2[nH]c1=O)N1CCCC2(CCCCC2)C1. The summed E-state index contributed by atoms with van der Waals surface area (Å²) in [4.78, 5) is 19.2. The number of aryl methyl sites for hydroxylation is 1. The smallest absolute Gasteiger partial charge is 0.253 e. The Morgan fingerprint density at radius 1 is 1.12 bits per heavy atom. The molecular weight excluding hydrogens is 424 g/mol. The molecule has 0 amide bonds. The summed E-state index contributed by atoms with van der Waals surface area (Å²) in [6.07, 6.45) is 9.88. The summed E-state index contributed by atoms with van der Waals surface area (Å²) in [5.41, 5.74) is 2.83. The van der Waals surface area contributed by atoms with E-state index in [1.165, 1.54) is 38.5 Å². The van der Waals surface area contributed by atoms with Crippen LogP contribution in [0.15, 0.2) is 29.1 Å². The van der Waals surface area contributed by atoms with Gasteiger partial charge in [-0.05, 0) is 98.3 Å². The van der Waals surface area contributed by atoms with E-state index in [1.807, 2.05) is 17.7 Å². The summed E-state index contributed by atoms with van der Waals surface area (Å²) in [6, 6.07) is 8.03. The molecule has 1 aliphatic heterocycles. The first-order valence-corrected chi connectivity index (χ1v) is 13.0. The third kappa shape index (κ3) is 4.19. The minimum Gasteiger partial charge on any atom is -0.322 e. The first-order valence-electron chi connectivity index (χ1n) is 13.0. The Kier molecular flexibility index (Phi) is 6.09. The van der Waals surface area contributed by atoms with Gasteiger partial charge in [0, 0.05) is 17.6 Å². The lowest BCUT2D eigenvalue weighted by atomic mass is 9.69. The van der Waals surface area contributed by atoms with Crippen molar-refractivity contribution in [2.45, 2.75) is 90.6 Å². The maximum absolute atomic E-state index is 13.6. The number of benzene rings is 1. The number of fused-ring (bicyclic) bond motifs is 1. The summed E-state index contributed by atoms with van der Waals surface area (Å²) >= 11 is 0. The minimum atomic E-state index is -0.269. The van der Waals surface area contributed by atoms with Crippen LogP contribution in [0.25, 0.3) is 10.9 Å². The van der Waals surface area contributed by atoms with Crippen LogP contribution in [0.5, 0.6) is 0 Å². The third-order valence-electron chi connectivity index (χ3n) is 8.47. The summed E-state index contributed by atoms with van der Waals surface area (Å²) in [5.74, 6) is 0.775. The van der Waals surface area contributed by atoms with Crippen molar-refractivity contribution in [3.8, 4) is 0 Å². The molecule has 5 rings (SSSR count). The molecule has 34 heavy (non-hydrogen) atoms. The van der Waals surface area contributed by atoms with Gasteiger partial charge in [0.15, 0.2) is 5.82 Å². The lowest BCUT2D eigenvalue weighted by Crippen LogP contribution is -2.48. The molecule has 1 N–H and O–H groups in total. The summed E-state index contributed by atoms with van der Waals surface area (Å²) in [5, 5.41) is 14.1. The molecule has 1 saturated carbocycles. The van der Waals surface area contributed by atoms with Crippen LogP contribution in [0, 0.1) is 12.3 Å². The Hall–Kier alpha value is -2.54. The van der Waals surface area contributed by atoms with Crippen molar-refractivity contribution in [3.63, 3.8) is 0 Å². The van der Waals surface area contributed by atoms with Gasteiger partial charge in [-0.25, -0.2) is 4.68 Å². The Labute approximate surface area is 201 Å². The molecule has 0 bridgehead atoms.